The zero-order valence-electron chi connectivity index (χ0n) is 11.5. The third-order valence-electron chi connectivity index (χ3n) is 3.90. The van der Waals surface area contributed by atoms with Crippen LogP contribution in [-0.2, 0) is 11.2 Å². The number of aliphatic hydroxyl groups excluding tert-OH is 1. The fraction of sp³-hybridized carbons (Fsp3) is 0.533. The molecule has 2 unspecified atom stereocenters. The van der Waals surface area contributed by atoms with E-state index in [-0.39, 0.29) is 30.2 Å². The molecule has 1 fully saturated rings. The summed E-state index contributed by atoms with van der Waals surface area (Å²) >= 11 is 3.28. The highest BCUT2D eigenvalue weighted by Gasteiger charge is 2.27. The third kappa shape index (κ3) is 3.79. The first-order chi connectivity index (χ1) is 9.47. The minimum atomic E-state index is -0.365. The van der Waals surface area contributed by atoms with Crippen molar-refractivity contribution in [3.63, 3.8) is 0 Å². The van der Waals surface area contributed by atoms with Crippen molar-refractivity contribution in [1.82, 2.24) is 4.90 Å². The van der Waals surface area contributed by atoms with E-state index in [0.717, 1.165) is 23.7 Å². The Morgan fingerprint density at radius 1 is 1.50 bits per heavy atom. The van der Waals surface area contributed by atoms with Crippen molar-refractivity contribution < 1.29 is 14.3 Å². The molecule has 1 aromatic carbocycles. The summed E-state index contributed by atoms with van der Waals surface area (Å²) in [7, 11) is 1.71. The maximum Gasteiger partial charge on any atom is 0.226 e. The van der Waals surface area contributed by atoms with Gasteiger partial charge in [0.1, 0.15) is 5.82 Å². The highest BCUT2D eigenvalue weighted by atomic mass is 79.9. The molecule has 1 N–H and O–H groups in total. The highest BCUT2D eigenvalue weighted by Crippen LogP contribution is 2.26. The Bertz CT molecular complexity index is 495. The van der Waals surface area contributed by atoms with Gasteiger partial charge in [-0.25, -0.2) is 4.39 Å². The lowest BCUT2D eigenvalue weighted by Crippen LogP contribution is -2.35. The van der Waals surface area contributed by atoms with E-state index >= 15 is 0 Å². The topological polar surface area (TPSA) is 40.5 Å². The number of carbonyl (C=O) groups excluding carboxylic acids is 1. The number of hydrogen-bond acceptors (Lipinski definition) is 2. The second kappa shape index (κ2) is 6.68. The Hall–Kier alpha value is -0.940. The molecule has 1 aromatic rings. The molecular formula is C15H19BrFNO2. The van der Waals surface area contributed by atoms with Gasteiger partial charge in [0.05, 0.1) is 12.5 Å². The largest absolute Gasteiger partial charge is 0.393 e. The summed E-state index contributed by atoms with van der Waals surface area (Å²) in [4.78, 5) is 13.7. The molecule has 110 valence electrons. The van der Waals surface area contributed by atoms with Gasteiger partial charge in [0, 0.05) is 24.0 Å². The molecular weight excluding hydrogens is 325 g/mol. The van der Waals surface area contributed by atoms with Crippen LogP contribution in [0.2, 0.25) is 0 Å². The van der Waals surface area contributed by atoms with Crippen LogP contribution in [0.5, 0.6) is 0 Å². The lowest BCUT2D eigenvalue weighted by atomic mass is 10.0. The monoisotopic (exact) mass is 343 g/mol. The summed E-state index contributed by atoms with van der Waals surface area (Å²) in [5.74, 6) is -0.340. The molecule has 1 amide bonds. The molecule has 0 radical (unpaired) electrons. The van der Waals surface area contributed by atoms with Gasteiger partial charge < -0.3 is 10.0 Å². The van der Waals surface area contributed by atoms with Crippen LogP contribution < -0.4 is 0 Å². The SMILES string of the molecule is CN(CC1CCCC1O)C(=O)Cc1cc(Br)ccc1F. The third-order valence-corrected chi connectivity index (χ3v) is 4.40. The van der Waals surface area contributed by atoms with Crippen molar-refractivity contribution in [2.24, 2.45) is 5.92 Å². The van der Waals surface area contributed by atoms with Crippen LogP contribution in [0.3, 0.4) is 0 Å². The zero-order chi connectivity index (χ0) is 14.7. The molecule has 1 saturated carbocycles. The number of likely N-dealkylation sites (N-methyl/N-ethyl adjacent to an activating group) is 1. The van der Waals surface area contributed by atoms with E-state index in [1.54, 1.807) is 24.1 Å². The van der Waals surface area contributed by atoms with Crippen molar-refractivity contribution in [3.05, 3.63) is 34.1 Å². The van der Waals surface area contributed by atoms with Crippen LogP contribution in [0.25, 0.3) is 0 Å². The van der Waals surface area contributed by atoms with Crippen molar-refractivity contribution >= 4 is 21.8 Å². The first-order valence-electron chi connectivity index (χ1n) is 6.83. The van der Waals surface area contributed by atoms with Crippen molar-refractivity contribution in [2.75, 3.05) is 13.6 Å². The molecule has 2 atom stereocenters. The molecule has 20 heavy (non-hydrogen) atoms. The zero-order valence-corrected chi connectivity index (χ0v) is 13.1. The van der Waals surface area contributed by atoms with Crippen molar-refractivity contribution in [1.29, 1.82) is 0 Å². The molecule has 0 heterocycles. The van der Waals surface area contributed by atoms with Crippen LogP contribution in [0.1, 0.15) is 24.8 Å². The van der Waals surface area contributed by atoms with Gasteiger partial charge >= 0.3 is 0 Å². The van der Waals surface area contributed by atoms with Crippen LogP contribution in [0.4, 0.5) is 4.39 Å². The smallest absolute Gasteiger partial charge is 0.226 e. The first-order valence-corrected chi connectivity index (χ1v) is 7.62. The van der Waals surface area contributed by atoms with Gasteiger partial charge in [-0.1, -0.05) is 22.4 Å². The quantitative estimate of drug-likeness (QED) is 0.913. The number of halogens is 2. The fourth-order valence-electron chi connectivity index (χ4n) is 2.66. The first kappa shape index (κ1) is 15.4. The molecule has 0 aromatic heterocycles. The Kier molecular flexibility index (Phi) is 5.16. The van der Waals surface area contributed by atoms with Crippen LogP contribution in [0.15, 0.2) is 22.7 Å². The minimum Gasteiger partial charge on any atom is -0.393 e. The summed E-state index contributed by atoms with van der Waals surface area (Å²) < 4.78 is 14.4. The Morgan fingerprint density at radius 3 is 2.90 bits per heavy atom. The molecule has 0 saturated heterocycles. The number of nitrogens with zero attached hydrogens (tertiary/aromatic N) is 1. The van der Waals surface area contributed by atoms with E-state index < -0.39 is 0 Å². The Labute approximate surface area is 126 Å². The number of amides is 1. The van der Waals surface area contributed by atoms with Gasteiger partial charge in [-0.05, 0) is 36.6 Å². The summed E-state index contributed by atoms with van der Waals surface area (Å²) in [6.45, 7) is 0.537. The second-order valence-corrected chi connectivity index (χ2v) is 6.36. The van der Waals surface area contributed by atoms with Gasteiger partial charge in [0.15, 0.2) is 0 Å². The average molecular weight is 344 g/mol. The van der Waals surface area contributed by atoms with Crippen LogP contribution in [-0.4, -0.2) is 35.6 Å². The van der Waals surface area contributed by atoms with E-state index in [0.29, 0.717) is 12.1 Å². The summed E-state index contributed by atoms with van der Waals surface area (Å²) in [6, 6.07) is 4.60. The van der Waals surface area contributed by atoms with Gasteiger partial charge in [0.25, 0.3) is 0 Å². The van der Waals surface area contributed by atoms with E-state index in [1.165, 1.54) is 6.07 Å². The normalized spacial score (nSPS) is 22.0. The number of carbonyl (C=O) groups is 1. The van der Waals surface area contributed by atoms with E-state index in [1.807, 2.05) is 0 Å². The van der Waals surface area contributed by atoms with Crippen LogP contribution >= 0.6 is 15.9 Å². The standard InChI is InChI=1S/C15H19BrFNO2/c1-18(9-10-3-2-4-14(10)19)15(20)8-11-7-12(16)5-6-13(11)17/h5-7,10,14,19H,2-4,8-9H2,1H3. The Morgan fingerprint density at radius 2 is 2.25 bits per heavy atom. The number of hydrogen-bond donors (Lipinski definition) is 1. The lowest BCUT2D eigenvalue weighted by molar-refractivity contribution is -0.130. The van der Waals surface area contributed by atoms with Gasteiger partial charge in [0.2, 0.25) is 5.91 Å². The highest BCUT2D eigenvalue weighted by molar-refractivity contribution is 9.10. The molecule has 5 heteroatoms. The molecule has 0 bridgehead atoms. The van der Waals surface area contributed by atoms with E-state index in [2.05, 4.69) is 15.9 Å². The molecule has 0 aliphatic heterocycles. The molecule has 3 nitrogen and oxygen atoms in total. The maximum absolute atomic E-state index is 13.6. The Balaban J connectivity index is 1.95. The van der Waals surface area contributed by atoms with Gasteiger partial charge in [-0.15, -0.1) is 0 Å². The number of aliphatic hydroxyl groups is 1. The summed E-state index contributed by atoms with van der Waals surface area (Å²) in [6.07, 6.45) is 2.50. The average Bonchev–Trinajstić information content (AvgIpc) is 2.79. The fourth-order valence-corrected chi connectivity index (χ4v) is 3.07. The summed E-state index contributed by atoms with van der Waals surface area (Å²) in [5, 5.41) is 9.79. The van der Waals surface area contributed by atoms with Gasteiger partial charge in [-0.2, -0.15) is 0 Å². The maximum atomic E-state index is 13.6. The number of rotatable bonds is 4. The van der Waals surface area contributed by atoms with Crippen molar-refractivity contribution in [3.8, 4) is 0 Å². The summed E-state index contributed by atoms with van der Waals surface area (Å²) in [5.41, 5.74) is 0.392. The molecule has 0 spiro atoms. The predicted molar refractivity (Wildman–Crippen MR) is 78.8 cm³/mol. The van der Waals surface area contributed by atoms with Crippen LogP contribution in [0, 0.1) is 11.7 Å². The number of benzene rings is 1. The predicted octanol–water partition coefficient (Wildman–Crippen LogP) is 2.75. The van der Waals surface area contributed by atoms with Gasteiger partial charge in [-0.3, -0.25) is 4.79 Å². The van der Waals surface area contributed by atoms with E-state index in [9.17, 15) is 14.3 Å². The molecule has 2 rings (SSSR count). The molecule has 1 aliphatic rings. The lowest BCUT2D eigenvalue weighted by Gasteiger charge is -2.23. The molecule has 1 aliphatic carbocycles. The second-order valence-electron chi connectivity index (χ2n) is 5.45. The minimum absolute atomic E-state index is 0.0462. The van der Waals surface area contributed by atoms with Crippen molar-refractivity contribution in [2.45, 2.75) is 31.8 Å². The van der Waals surface area contributed by atoms with E-state index in [4.69, 9.17) is 0 Å².